The number of carbonyl (C=O) groups excluding carboxylic acids is 1. The number of amides is 1. The molecule has 0 radical (unpaired) electrons. The fourth-order valence-electron chi connectivity index (χ4n) is 2.82. The zero-order valence-electron chi connectivity index (χ0n) is 13.4. The summed E-state index contributed by atoms with van der Waals surface area (Å²) < 4.78 is 28.3. The molecule has 0 fully saturated rings. The molecule has 0 aliphatic carbocycles. The van der Waals surface area contributed by atoms with E-state index in [1.807, 2.05) is 0 Å². The maximum absolute atomic E-state index is 14.2. The van der Waals surface area contributed by atoms with Gasteiger partial charge < -0.3 is 16.4 Å². The Kier molecular flexibility index (Phi) is 3.72. The van der Waals surface area contributed by atoms with Gasteiger partial charge in [0.15, 0.2) is 0 Å². The molecule has 2 aromatic heterocycles. The van der Waals surface area contributed by atoms with Crippen LogP contribution in [0.1, 0.15) is 16.1 Å². The molecular weight excluding hydrogens is 340 g/mol. The number of nitrogen functional groups attached to an aromatic ring is 1. The van der Waals surface area contributed by atoms with Gasteiger partial charge >= 0.3 is 0 Å². The number of aromatic nitrogens is 2. The maximum atomic E-state index is 14.2. The van der Waals surface area contributed by atoms with Gasteiger partial charge in [-0.1, -0.05) is 6.07 Å². The van der Waals surface area contributed by atoms with Crippen LogP contribution in [0, 0.1) is 11.6 Å². The molecule has 0 unspecified atom stereocenters. The zero-order chi connectivity index (χ0) is 18.3. The highest BCUT2D eigenvalue weighted by molar-refractivity contribution is 6.04. The fraction of sp³-hybridized carbons (Fsp3) is 0.0556. The minimum Gasteiger partial charge on any atom is -0.397 e. The highest BCUT2D eigenvalue weighted by Gasteiger charge is 2.27. The second-order valence-corrected chi connectivity index (χ2v) is 5.76. The van der Waals surface area contributed by atoms with Crippen LogP contribution in [-0.4, -0.2) is 15.9 Å². The monoisotopic (exact) mass is 353 g/mol. The van der Waals surface area contributed by atoms with E-state index >= 15 is 0 Å². The highest BCUT2D eigenvalue weighted by atomic mass is 19.1. The van der Waals surface area contributed by atoms with E-state index in [0.717, 1.165) is 12.1 Å². The third-order valence-electron chi connectivity index (χ3n) is 4.01. The summed E-state index contributed by atoms with van der Waals surface area (Å²) in [5.74, 6) is -1.34. The molecule has 4 rings (SSSR count). The van der Waals surface area contributed by atoms with Crippen LogP contribution in [0.2, 0.25) is 0 Å². The third-order valence-corrected chi connectivity index (χ3v) is 4.01. The molecule has 1 aliphatic rings. The molecule has 0 saturated heterocycles. The van der Waals surface area contributed by atoms with Crippen molar-refractivity contribution < 1.29 is 13.6 Å². The summed E-state index contributed by atoms with van der Waals surface area (Å²) in [5, 5.41) is 5.66. The zero-order valence-corrected chi connectivity index (χ0v) is 13.4. The third kappa shape index (κ3) is 2.71. The fourth-order valence-corrected chi connectivity index (χ4v) is 2.82. The van der Waals surface area contributed by atoms with E-state index < -0.39 is 11.6 Å². The first-order valence-corrected chi connectivity index (χ1v) is 7.78. The number of rotatable bonds is 3. The lowest BCUT2D eigenvalue weighted by Crippen LogP contribution is -2.13. The molecule has 6 nitrogen and oxygen atoms in total. The first-order chi connectivity index (χ1) is 12.5. The summed E-state index contributed by atoms with van der Waals surface area (Å²) >= 11 is 0. The Labute approximate surface area is 147 Å². The second kappa shape index (κ2) is 6.07. The molecule has 26 heavy (non-hydrogen) atoms. The number of halogens is 2. The van der Waals surface area contributed by atoms with Crippen LogP contribution < -0.4 is 16.4 Å². The van der Waals surface area contributed by atoms with Crippen molar-refractivity contribution in [1.82, 2.24) is 15.3 Å². The average Bonchev–Trinajstić information content (AvgIpc) is 2.98. The number of nitrogens with zero attached hydrogens (tertiary/aromatic N) is 2. The van der Waals surface area contributed by atoms with Crippen LogP contribution in [0.15, 0.2) is 42.6 Å². The number of nitrogens with one attached hydrogen (secondary N) is 2. The van der Waals surface area contributed by atoms with Crippen molar-refractivity contribution in [3.8, 4) is 11.3 Å². The average molecular weight is 353 g/mol. The minimum absolute atomic E-state index is 0.0915. The maximum Gasteiger partial charge on any atom is 0.255 e. The van der Waals surface area contributed by atoms with Gasteiger partial charge in [0.1, 0.15) is 17.5 Å². The number of fused-ring (bicyclic) bond motifs is 1. The van der Waals surface area contributed by atoms with Crippen LogP contribution in [0.4, 0.5) is 26.0 Å². The van der Waals surface area contributed by atoms with E-state index in [2.05, 4.69) is 20.6 Å². The number of hydrogen-bond acceptors (Lipinski definition) is 5. The SMILES string of the molecule is Nc1ccc(Nc2cc(-c3c(F)cccc3F)nc3c2C(=O)NC3)nc1. The molecular formula is C18H13F2N5O. The lowest BCUT2D eigenvalue weighted by molar-refractivity contribution is 0.0966. The van der Waals surface area contributed by atoms with E-state index in [1.54, 1.807) is 12.1 Å². The normalized spacial score (nSPS) is 12.6. The minimum atomic E-state index is -0.730. The van der Waals surface area contributed by atoms with Crippen LogP contribution in [-0.2, 0) is 6.54 Å². The molecule has 0 atom stereocenters. The van der Waals surface area contributed by atoms with Crippen LogP contribution in [0.25, 0.3) is 11.3 Å². The van der Waals surface area contributed by atoms with E-state index in [0.29, 0.717) is 28.5 Å². The van der Waals surface area contributed by atoms with Gasteiger partial charge in [0.2, 0.25) is 0 Å². The quantitative estimate of drug-likeness (QED) is 0.673. The van der Waals surface area contributed by atoms with Crippen LogP contribution >= 0.6 is 0 Å². The predicted molar refractivity (Wildman–Crippen MR) is 92.7 cm³/mol. The number of carbonyl (C=O) groups is 1. The summed E-state index contributed by atoms with van der Waals surface area (Å²) in [5.41, 5.74) is 7.05. The Bertz CT molecular complexity index is 1000. The Hall–Kier alpha value is -3.55. The van der Waals surface area contributed by atoms with E-state index in [-0.39, 0.29) is 23.7 Å². The van der Waals surface area contributed by atoms with Gasteiger partial charge in [-0.3, -0.25) is 4.79 Å². The van der Waals surface area contributed by atoms with Gasteiger partial charge in [0.25, 0.3) is 5.91 Å². The van der Waals surface area contributed by atoms with Crippen molar-refractivity contribution in [3.63, 3.8) is 0 Å². The van der Waals surface area contributed by atoms with Gasteiger partial charge in [0.05, 0.1) is 46.6 Å². The van der Waals surface area contributed by atoms with Crippen molar-refractivity contribution in [2.24, 2.45) is 0 Å². The number of hydrogen-bond donors (Lipinski definition) is 3. The molecule has 8 heteroatoms. The van der Waals surface area contributed by atoms with Crippen molar-refractivity contribution >= 4 is 23.1 Å². The first-order valence-electron chi connectivity index (χ1n) is 7.78. The Morgan fingerprint density at radius 3 is 2.58 bits per heavy atom. The number of anilines is 3. The molecule has 0 saturated carbocycles. The van der Waals surface area contributed by atoms with Gasteiger partial charge in [-0.2, -0.15) is 0 Å². The molecule has 1 aliphatic heterocycles. The topological polar surface area (TPSA) is 92.9 Å². The summed E-state index contributed by atoms with van der Waals surface area (Å²) in [6, 6.07) is 8.32. The smallest absolute Gasteiger partial charge is 0.255 e. The van der Waals surface area contributed by atoms with Gasteiger partial charge in [-0.15, -0.1) is 0 Å². The second-order valence-electron chi connectivity index (χ2n) is 5.76. The van der Waals surface area contributed by atoms with Crippen molar-refractivity contribution in [1.29, 1.82) is 0 Å². The molecule has 1 aromatic carbocycles. The van der Waals surface area contributed by atoms with Crippen molar-refractivity contribution in [2.45, 2.75) is 6.54 Å². The predicted octanol–water partition coefficient (Wildman–Crippen LogP) is 2.99. The molecule has 0 bridgehead atoms. The largest absolute Gasteiger partial charge is 0.397 e. The number of nitrogens with two attached hydrogens (primary N) is 1. The Morgan fingerprint density at radius 2 is 1.88 bits per heavy atom. The molecule has 1 amide bonds. The Morgan fingerprint density at radius 1 is 1.12 bits per heavy atom. The molecule has 0 spiro atoms. The lowest BCUT2D eigenvalue weighted by Gasteiger charge is -2.12. The number of pyridine rings is 2. The summed E-state index contributed by atoms with van der Waals surface area (Å²) in [7, 11) is 0. The lowest BCUT2D eigenvalue weighted by atomic mass is 10.1. The standard InChI is InChI=1S/C18H13F2N5O/c19-10-2-1-3-11(20)16(10)12-6-13(17-14(24-12)8-23-18(17)26)25-15-5-4-9(21)7-22-15/h1-7H,8,21H2,(H,23,26)(H,22,24,25). The van der Waals surface area contributed by atoms with Crippen LogP contribution in [0.5, 0.6) is 0 Å². The van der Waals surface area contributed by atoms with E-state index in [1.165, 1.54) is 18.3 Å². The van der Waals surface area contributed by atoms with Crippen LogP contribution in [0.3, 0.4) is 0 Å². The van der Waals surface area contributed by atoms with Gasteiger partial charge in [-0.25, -0.2) is 18.7 Å². The van der Waals surface area contributed by atoms with E-state index in [9.17, 15) is 13.6 Å². The van der Waals surface area contributed by atoms with E-state index in [4.69, 9.17) is 5.73 Å². The van der Waals surface area contributed by atoms with Crippen molar-refractivity contribution in [3.05, 3.63) is 65.5 Å². The van der Waals surface area contributed by atoms with Crippen molar-refractivity contribution in [2.75, 3.05) is 11.1 Å². The molecule has 3 heterocycles. The summed E-state index contributed by atoms with van der Waals surface area (Å²) in [6.07, 6.45) is 1.46. The highest BCUT2D eigenvalue weighted by Crippen LogP contribution is 2.32. The number of benzene rings is 1. The molecule has 4 N–H and O–H groups in total. The first kappa shape index (κ1) is 15.9. The molecule has 3 aromatic rings. The van der Waals surface area contributed by atoms with Gasteiger partial charge in [-0.05, 0) is 30.3 Å². The summed E-state index contributed by atoms with van der Waals surface area (Å²) in [4.78, 5) is 20.5. The molecule has 130 valence electrons. The van der Waals surface area contributed by atoms with Gasteiger partial charge in [0, 0.05) is 0 Å². The summed E-state index contributed by atoms with van der Waals surface area (Å²) in [6.45, 7) is 0.182. The Balaban J connectivity index is 1.86.